The van der Waals surface area contributed by atoms with Crippen LogP contribution in [0.15, 0.2) is 42.9 Å². The van der Waals surface area contributed by atoms with Gasteiger partial charge in [-0.1, -0.05) is 19.4 Å². The van der Waals surface area contributed by atoms with Crippen molar-refractivity contribution in [1.82, 2.24) is 25.2 Å². The molecule has 2 unspecified atom stereocenters. The first-order valence-corrected chi connectivity index (χ1v) is 15.7. The molecular weight excluding hydrogens is 569 g/mol. The highest BCUT2D eigenvalue weighted by Crippen LogP contribution is 2.49. The number of ether oxygens (including phenoxy) is 2. The Kier molecular flexibility index (Phi) is 8.70. The molecule has 2 fully saturated rings. The monoisotopic (exact) mass is 610 g/mol. The van der Waals surface area contributed by atoms with Crippen molar-refractivity contribution in [3.8, 4) is 22.9 Å². The maximum absolute atomic E-state index is 14.3. The van der Waals surface area contributed by atoms with Gasteiger partial charge in [-0.2, -0.15) is 13.2 Å². The molecule has 0 bridgehead atoms. The Morgan fingerprint density at radius 2 is 2.02 bits per heavy atom. The van der Waals surface area contributed by atoms with E-state index in [4.69, 9.17) is 14.5 Å². The molecule has 6 heterocycles. The third kappa shape index (κ3) is 5.72. The van der Waals surface area contributed by atoms with E-state index in [0.29, 0.717) is 38.0 Å². The van der Waals surface area contributed by atoms with Gasteiger partial charge in [0, 0.05) is 50.4 Å². The SMILES string of the molecule is CCOc1ncccc1-c1ccc2c(n1)CN(C[C@H]1CCCN1)CC21CCN(c2cncc(OC)c2C(F)(F)F)CC1CC. The van der Waals surface area contributed by atoms with Crippen LogP contribution in [0.4, 0.5) is 18.9 Å². The second-order valence-corrected chi connectivity index (χ2v) is 12.1. The summed E-state index contributed by atoms with van der Waals surface area (Å²) in [6.07, 6.45) is 3.49. The first-order valence-electron chi connectivity index (χ1n) is 15.7. The molecule has 0 saturated carbocycles. The number of nitrogens with zero attached hydrogens (tertiary/aromatic N) is 5. The fourth-order valence-electron chi connectivity index (χ4n) is 7.65. The minimum absolute atomic E-state index is 0.0849. The molecule has 44 heavy (non-hydrogen) atoms. The van der Waals surface area contributed by atoms with Gasteiger partial charge in [0.2, 0.25) is 5.88 Å². The maximum atomic E-state index is 14.3. The van der Waals surface area contributed by atoms with Crippen molar-refractivity contribution in [3.05, 3.63) is 59.7 Å². The van der Waals surface area contributed by atoms with Crippen molar-refractivity contribution in [2.24, 2.45) is 5.92 Å². The number of pyridine rings is 3. The summed E-state index contributed by atoms with van der Waals surface area (Å²) in [6, 6.07) is 8.57. The zero-order valence-electron chi connectivity index (χ0n) is 25.7. The number of fused-ring (bicyclic) bond motifs is 2. The maximum Gasteiger partial charge on any atom is 0.422 e. The topological polar surface area (TPSA) is 75.6 Å². The van der Waals surface area contributed by atoms with Gasteiger partial charge in [0.15, 0.2) is 5.75 Å². The molecule has 3 aliphatic rings. The molecule has 0 amide bonds. The van der Waals surface area contributed by atoms with Crippen molar-refractivity contribution in [3.63, 3.8) is 0 Å². The zero-order valence-corrected chi connectivity index (χ0v) is 25.7. The molecule has 1 spiro atoms. The van der Waals surface area contributed by atoms with Gasteiger partial charge >= 0.3 is 6.18 Å². The lowest BCUT2D eigenvalue weighted by Crippen LogP contribution is -2.58. The molecular formula is C33H41F3N6O2. The number of rotatable bonds is 8. The molecule has 11 heteroatoms. The highest BCUT2D eigenvalue weighted by Gasteiger charge is 2.50. The van der Waals surface area contributed by atoms with Crippen LogP contribution in [0.2, 0.25) is 0 Å². The average molecular weight is 611 g/mol. The van der Waals surface area contributed by atoms with Gasteiger partial charge < -0.3 is 19.7 Å². The predicted molar refractivity (Wildman–Crippen MR) is 163 cm³/mol. The van der Waals surface area contributed by atoms with E-state index in [0.717, 1.165) is 62.2 Å². The Bertz CT molecular complexity index is 1460. The van der Waals surface area contributed by atoms with Crippen LogP contribution in [0.3, 0.4) is 0 Å². The van der Waals surface area contributed by atoms with E-state index in [2.05, 4.69) is 39.2 Å². The summed E-state index contributed by atoms with van der Waals surface area (Å²) in [5.74, 6) is 0.416. The van der Waals surface area contributed by atoms with E-state index in [1.807, 2.05) is 24.0 Å². The second kappa shape index (κ2) is 12.5. The lowest BCUT2D eigenvalue weighted by Gasteiger charge is -2.53. The summed E-state index contributed by atoms with van der Waals surface area (Å²) in [4.78, 5) is 18.2. The molecule has 2 saturated heterocycles. The van der Waals surface area contributed by atoms with Crippen LogP contribution in [-0.4, -0.2) is 72.3 Å². The first-order chi connectivity index (χ1) is 21.3. The number of anilines is 1. The first kappa shape index (κ1) is 30.6. The fourth-order valence-corrected chi connectivity index (χ4v) is 7.65. The number of aromatic nitrogens is 3. The van der Waals surface area contributed by atoms with Crippen molar-refractivity contribution < 1.29 is 22.6 Å². The van der Waals surface area contributed by atoms with Crippen LogP contribution in [-0.2, 0) is 18.1 Å². The molecule has 0 radical (unpaired) electrons. The van der Waals surface area contributed by atoms with E-state index in [-0.39, 0.29) is 22.8 Å². The van der Waals surface area contributed by atoms with E-state index in [1.54, 1.807) is 6.20 Å². The van der Waals surface area contributed by atoms with Gasteiger partial charge in [-0.3, -0.25) is 14.9 Å². The summed E-state index contributed by atoms with van der Waals surface area (Å²) in [5, 5.41) is 3.64. The summed E-state index contributed by atoms with van der Waals surface area (Å²) < 4.78 is 53.9. The highest BCUT2D eigenvalue weighted by atomic mass is 19.4. The molecule has 3 aromatic rings. The van der Waals surface area contributed by atoms with Gasteiger partial charge in [-0.25, -0.2) is 4.98 Å². The van der Waals surface area contributed by atoms with Crippen LogP contribution < -0.4 is 19.7 Å². The average Bonchev–Trinajstić information content (AvgIpc) is 3.53. The molecule has 8 nitrogen and oxygen atoms in total. The van der Waals surface area contributed by atoms with E-state index in [9.17, 15) is 13.2 Å². The van der Waals surface area contributed by atoms with Gasteiger partial charge in [-0.05, 0) is 62.4 Å². The summed E-state index contributed by atoms with van der Waals surface area (Å²) >= 11 is 0. The summed E-state index contributed by atoms with van der Waals surface area (Å²) in [6.45, 7) is 9.09. The number of nitrogens with one attached hydrogen (secondary N) is 1. The van der Waals surface area contributed by atoms with Gasteiger partial charge in [0.1, 0.15) is 5.56 Å². The van der Waals surface area contributed by atoms with E-state index < -0.39 is 11.7 Å². The molecule has 1 N–H and O–H groups in total. The molecule has 236 valence electrons. The number of methoxy groups -OCH3 is 1. The number of piperidine rings is 1. The van der Waals surface area contributed by atoms with Crippen molar-refractivity contribution >= 4 is 5.69 Å². The molecule has 0 aliphatic carbocycles. The quantitative estimate of drug-likeness (QED) is 0.348. The lowest BCUT2D eigenvalue weighted by atomic mass is 9.62. The number of hydrogen-bond acceptors (Lipinski definition) is 8. The van der Waals surface area contributed by atoms with Crippen LogP contribution in [0.25, 0.3) is 11.3 Å². The van der Waals surface area contributed by atoms with Crippen LogP contribution in [0, 0.1) is 5.92 Å². The minimum atomic E-state index is -4.56. The molecule has 3 atom stereocenters. The molecule has 3 aromatic heterocycles. The Labute approximate surface area is 257 Å². The standard InChI is InChI=1S/C33H41F3N6O2/c1-4-22-18-42(28-16-37-17-29(43-3)30(28)33(34,35)36)15-12-32(22)21-41(19-23-8-6-13-38-23)20-27-25(32)10-11-26(40-27)24-9-7-14-39-31(24)44-5-2/h7,9-11,14,16-17,22-23,38H,4-6,8,12-13,15,18-21H2,1-3H3/t22?,23-,32?/m1/s1. The van der Waals surface area contributed by atoms with Crippen LogP contribution in [0.5, 0.6) is 11.6 Å². The van der Waals surface area contributed by atoms with Crippen molar-refractivity contribution in [2.45, 2.75) is 63.7 Å². The van der Waals surface area contributed by atoms with Crippen molar-refractivity contribution in [2.75, 3.05) is 51.3 Å². The smallest absolute Gasteiger partial charge is 0.422 e. The Balaban J connectivity index is 1.39. The van der Waals surface area contributed by atoms with Gasteiger partial charge in [0.05, 0.1) is 48.7 Å². The van der Waals surface area contributed by atoms with Crippen LogP contribution >= 0.6 is 0 Å². The Morgan fingerprint density at radius 3 is 2.75 bits per heavy atom. The Hall–Kier alpha value is -3.44. The molecule has 6 rings (SSSR count). The Morgan fingerprint density at radius 1 is 1.16 bits per heavy atom. The normalized spacial score (nSPS) is 24.0. The summed E-state index contributed by atoms with van der Waals surface area (Å²) in [7, 11) is 1.26. The van der Waals surface area contributed by atoms with E-state index >= 15 is 0 Å². The van der Waals surface area contributed by atoms with Crippen molar-refractivity contribution in [1.29, 1.82) is 0 Å². The minimum Gasteiger partial charge on any atom is -0.494 e. The van der Waals surface area contributed by atoms with Gasteiger partial charge in [-0.15, -0.1) is 0 Å². The zero-order chi connectivity index (χ0) is 30.9. The van der Waals surface area contributed by atoms with Gasteiger partial charge in [0.25, 0.3) is 0 Å². The fraction of sp³-hybridized carbons (Fsp3) is 0.545. The summed E-state index contributed by atoms with van der Waals surface area (Å²) in [5.41, 5.74) is 3.00. The van der Waals surface area contributed by atoms with E-state index in [1.165, 1.54) is 25.3 Å². The number of halogens is 3. The highest BCUT2D eigenvalue weighted by molar-refractivity contribution is 5.66. The lowest BCUT2D eigenvalue weighted by molar-refractivity contribution is -0.138. The molecule has 0 aromatic carbocycles. The van der Waals surface area contributed by atoms with Crippen LogP contribution in [0.1, 0.15) is 56.4 Å². The third-order valence-electron chi connectivity index (χ3n) is 9.64. The number of alkyl halides is 3. The third-order valence-corrected chi connectivity index (χ3v) is 9.64. The second-order valence-electron chi connectivity index (χ2n) is 12.1. The molecule has 3 aliphatic heterocycles. The predicted octanol–water partition coefficient (Wildman–Crippen LogP) is 5.71. The number of hydrogen-bond donors (Lipinski definition) is 1. The largest absolute Gasteiger partial charge is 0.494 e.